The van der Waals surface area contributed by atoms with Gasteiger partial charge in [-0.15, -0.1) is 0 Å². The van der Waals surface area contributed by atoms with Gasteiger partial charge in [0.25, 0.3) is 0 Å². The Morgan fingerprint density at radius 1 is 1.07 bits per heavy atom. The van der Waals surface area contributed by atoms with Crippen LogP contribution in [0.4, 0.5) is 0 Å². The van der Waals surface area contributed by atoms with Crippen LogP contribution < -0.4 is 15.4 Å². The van der Waals surface area contributed by atoms with E-state index in [0.29, 0.717) is 25.8 Å². The summed E-state index contributed by atoms with van der Waals surface area (Å²) in [5.41, 5.74) is 3.59. The lowest BCUT2D eigenvalue weighted by atomic mass is 10.1. The van der Waals surface area contributed by atoms with Crippen molar-refractivity contribution in [1.82, 2.24) is 15.5 Å². The molecule has 0 saturated heterocycles. The number of ether oxygens (including phenoxy) is 2. The fourth-order valence-electron chi connectivity index (χ4n) is 3.11. The van der Waals surface area contributed by atoms with Gasteiger partial charge < -0.3 is 25.0 Å². The van der Waals surface area contributed by atoms with E-state index in [1.807, 2.05) is 0 Å². The van der Waals surface area contributed by atoms with Crippen molar-refractivity contribution in [2.45, 2.75) is 25.9 Å². The number of nitrogens with zero attached hydrogens (tertiary/aromatic N) is 2. The molecule has 0 aliphatic rings. The summed E-state index contributed by atoms with van der Waals surface area (Å²) in [6.07, 6.45) is 0.979. The van der Waals surface area contributed by atoms with Crippen LogP contribution in [-0.2, 0) is 17.7 Å². The molecule has 0 aromatic heterocycles. The Morgan fingerprint density at radius 2 is 1.83 bits per heavy atom. The molecule has 2 aromatic rings. The molecule has 0 amide bonds. The van der Waals surface area contributed by atoms with Gasteiger partial charge >= 0.3 is 0 Å². The molecule has 6 heteroatoms. The van der Waals surface area contributed by atoms with Crippen LogP contribution in [0.1, 0.15) is 16.7 Å². The highest BCUT2D eigenvalue weighted by Gasteiger charge is 2.13. The number of likely N-dealkylation sites (N-methyl/N-ethyl adjacent to an activating group) is 1. The lowest BCUT2D eigenvalue weighted by Crippen LogP contribution is -2.45. The van der Waals surface area contributed by atoms with E-state index in [2.05, 4.69) is 90.1 Å². The zero-order valence-corrected chi connectivity index (χ0v) is 18.9. The summed E-state index contributed by atoms with van der Waals surface area (Å²) in [5.74, 6) is 1.66. The van der Waals surface area contributed by atoms with Gasteiger partial charge in [-0.05, 0) is 44.6 Å². The summed E-state index contributed by atoms with van der Waals surface area (Å²) in [7, 11) is 7.70. The summed E-state index contributed by atoms with van der Waals surface area (Å²) >= 11 is 0. The van der Waals surface area contributed by atoms with Gasteiger partial charge in [0.05, 0.1) is 6.61 Å². The molecular weight excluding hydrogens is 376 g/mol. The summed E-state index contributed by atoms with van der Waals surface area (Å²) < 4.78 is 11.0. The van der Waals surface area contributed by atoms with Gasteiger partial charge in [0.2, 0.25) is 0 Å². The first-order chi connectivity index (χ1) is 14.5. The summed E-state index contributed by atoms with van der Waals surface area (Å²) in [6, 6.07) is 17.2. The van der Waals surface area contributed by atoms with E-state index >= 15 is 0 Å². The molecule has 6 nitrogen and oxygen atoms in total. The Hall–Kier alpha value is -2.57. The van der Waals surface area contributed by atoms with Crippen molar-refractivity contribution in [3.8, 4) is 5.75 Å². The molecule has 0 heterocycles. The van der Waals surface area contributed by atoms with Crippen molar-refractivity contribution < 1.29 is 9.47 Å². The first kappa shape index (κ1) is 23.7. The lowest BCUT2D eigenvalue weighted by Gasteiger charge is -2.26. The van der Waals surface area contributed by atoms with E-state index in [0.717, 1.165) is 30.2 Å². The minimum Gasteiger partial charge on any atom is -0.491 e. The van der Waals surface area contributed by atoms with Crippen molar-refractivity contribution >= 4 is 5.96 Å². The third-order valence-corrected chi connectivity index (χ3v) is 4.99. The zero-order valence-electron chi connectivity index (χ0n) is 18.9. The molecule has 164 valence electrons. The number of aliphatic imine (C=N–C) groups is 1. The van der Waals surface area contributed by atoms with Gasteiger partial charge in [0, 0.05) is 38.9 Å². The predicted molar refractivity (Wildman–Crippen MR) is 124 cm³/mol. The van der Waals surface area contributed by atoms with Gasteiger partial charge in [-0.1, -0.05) is 42.5 Å². The minimum absolute atomic E-state index is 0.360. The molecule has 2 N–H and O–H groups in total. The van der Waals surface area contributed by atoms with Crippen molar-refractivity contribution in [2.24, 2.45) is 4.99 Å². The van der Waals surface area contributed by atoms with Gasteiger partial charge in [0.15, 0.2) is 5.96 Å². The summed E-state index contributed by atoms with van der Waals surface area (Å²) in [4.78, 5) is 6.62. The van der Waals surface area contributed by atoms with E-state index < -0.39 is 0 Å². The van der Waals surface area contributed by atoms with Crippen molar-refractivity contribution in [1.29, 1.82) is 0 Å². The van der Waals surface area contributed by atoms with Crippen LogP contribution in [0.2, 0.25) is 0 Å². The molecule has 1 unspecified atom stereocenters. The third kappa shape index (κ3) is 8.05. The Bertz CT molecular complexity index is 778. The third-order valence-electron chi connectivity index (χ3n) is 4.99. The van der Waals surface area contributed by atoms with Gasteiger partial charge in [-0.2, -0.15) is 0 Å². The maximum Gasteiger partial charge on any atom is 0.191 e. The first-order valence-corrected chi connectivity index (χ1v) is 10.4. The number of rotatable bonds is 11. The molecule has 30 heavy (non-hydrogen) atoms. The van der Waals surface area contributed by atoms with E-state index in [1.165, 1.54) is 11.1 Å². The Morgan fingerprint density at radius 3 is 2.50 bits per heavy atom. The maximum absolute atomic E-state index is 5.89. The highest BCUT2D eigenvalue weighted by molar-refractivity contribution is 5.79. The van der Waals surface area contributed by atoms with Crippen LogP contribution in [-0.4, -0.2) is 64.9 Å². The number of benzene rings is 2. The van der Waals surface area contributed by atoms with Crippen LogP contribution >= 0.6 is 0 Å². The fraction of sp³-hybridized carbons (Fsp3) is 0.458. The molecule has 0 fully saturated rings. The second-order valence-corrected chi connectivity index (χ2v) is 7.57. The largest absolute Gasteiger partial charge is 0.491 e. The Kier molecular flexibility index (Phi) is 10.2. The smallest absolute Gasteiger partial charge is 0.191 e. The molecule has 0 saturated carbocycles. The van der Waals surface area contributed by atoms with Crippen LogP contribution in [0, 0.1) is 6.92 Å². The van der Waals surface area contributed by atoms with Crippen LogP contribution in [0.25, 0.3) is 0 Å². The normalized spacial score (nSPS) is 12.7. The standard InChI is InChI=1S/C24H36N4O2/c1-19-11-12-21(23(15-19)30-14-13-29-5)17-26-24(25-2)27-18-22(28(3)4)16-20-9-7-6-8-10-20/h6-12,15,22H,13-14,16-18H2,1-5H3,(H2,25,26,27). The molecule has 2 rings (SSSR count). The summed E-state index contributed by atoms with van der Waals surface area (Å²) in [6.45, 7) is 4.59. The van der Waals surface area contributed by atoms with Crippen LogP contribution in [0.5, 0.6) is 5.75 Å². The number of aryl methyl sites for hydroxylation is 1. The maximum atomic E-state index is 5.89. The van der Waals surface area contributed by atoms with Crippen molar-refractivity contribution in [3.63, 3.8) is 0 Å². The SMILES string of the molecule is CN=C(NCc1ccc(C)cc1OCCOC)NCC(Cc1ccccc1)N(C)C. The highest BCUT2D eigenvalue weighted by Crippen LogP contribution is 2.20. The molecule has 0 radical (unpaired) electrons. The Balaban J connectivity index is 1.92. The Labute approximate surface area is 181 Å². The molecule has 0 aliphatic carbocycles. The first-order valence-electron chi connectivity index (χ1n) is 10.4. The number of hydrogen-bond acceptors (Lipinski definition) is 4. The average molecular weight is 413 g/mol. The second-order valence-electron chi connectivity index (χ2n) is 7.57. The van der Waals surface area contributed by atoms with Gasteiger partial charge in [-0.25, -0.2) is 0 Å². The highest BCUT2D eigenvalue weighted by atomic mass is 16.5. The van der Waals surface area contributed by atoms with Gasteiger partial charge in [-0.3, -0.25) is 4.99 Å². The molecule has 0 aliphatic heterocycles. The van der Waals surface area contributed by atoms with Crippen molar-refractivity contribution in [2.75, 3.05) is 48.0 Å². The van der Waals surface area contributed by atoms with Crippen molar-refractivity contribution in [3.05, 3.63) is 65.2 Å². The lowest BCUT2D eigenvalue weighted by molar-refractivity contribution is 0.145. The number of methoxy groups -OCH3 is 1. The predicted octanol–water partition coefficient (Wildman–Crippen LogP) is 2.86. The van der Waals surface area contributed by atoms with Crippen LogP contribution in [0.3, 0.4) is 0 Å². The second kappa shape index (κ2) is 12.9. The van der Waals surface area contributed by atoms with E-state index in [1.54, 1.807) is 14.2 Å². The van der Waals surface area contributed by atoms with E-state index in [4.69, 9.17) is 9.47 Å². The number of guanidine groups is 1. The van der Waals surface area contributed by atoms with E-state index in [-0.39, 0.29) is 0 Å². The minimum atomic E-state index is 0.360. The molecular formula is C24H36N4O2. The number of nitrogens with one attached hydrogen (secondary N) is 2. The molecule has 1 atom stereocenters. The topological polar surface area (TPSA) is 58.1 Å². The zero-order chi connectivity index (χ0) is 21.8. The monoisotopic (exact) mass is 412 g/mol. The summed E-state index contributed by atoms with van der Waals surface area (Å²) in [5, 5.41) is 6.86. The fourth-order valence-corrected chi connectivity index (χ4v) is 3.11. The quantitative estimate of drug-likeness (QED) is 0.338. The van der Waals surface area contributed by atoms with Gasteiger partial charge in [0.1, 0.15) is 12.4 Å². The van der Waals surface area contributed by atoms with Crippen LogP contribution in [0.15, 0.2) is 53.5 Å². The van der Waals surface area contributed by atoms with E-state index in [9.17, 15) is 0 Å². The molecule has 0 spiro atoms. The molecule has 0 bridgehead atoms. The average Bonchev–Trinajstić information content (AvgIpc) is 2.74. The number of hydrogen-bond donors (Lipinski definition) is 2. The molecule has 2 aromatic carbocycles.